The lowest BCUT2D eigenvalue weighted by Gasteiger charge is -1.99. The van der Waals surface area contributed by atoms with Crippen LogP contribution in [0.15, 0.2) is 34.2 Å². The van der Waals surface area contributed by atoms with Gasteiger partial charge in [-0.05, 0) is 36.8 Å². The van der Waals surface area contributed by atoms with Crippen molar-refractivity contribution in [3.05, 3.63) is 55.7 Å². The minimum absolute atomic E-state index is 0.142. The smallest absolute Gasteiger partial charge is 0.265 e. The van der Waals surface area contributed by atoms with Crippen LogP contribution >= 0.6 is 23.8 Å². The van der Waals surface area contributed by atoms with Crippen LogP contribution in [0.2, 0.25) is 5.02 Å². The van der Waals surface area contributed by atoms with E-state index in [-0.39, 0.29) is 10.3 Å². The Morgan fingerprint density at radius 3 is 3.06 bits per heavy atom. The Labute approximate surface area is 113 Å². The van der Waals surface area contributed by atoms with Crippen molar-refractivity contribution in [3.63, 3.8) is 0 Å². The van der Waals surface area contributed by atoms with Crippen molar-refractivity contribution in [2.75, 3.05) is 0 Å². The first-order chi connectivity index (χ1) is 8.58. The molecule has 0 aliphatic heterocycles. The Balaban J connectivity index is 2.44. The van der Waals surface area contributed by atoms with Gasteiger partial charge in [-0.15, -0.1) is 0 Å². The third-order valence-corrected chi connectivity index (χ3v) is 2.68. The lowest BCUT2D eigenvalue weighted by atomic mass is 10.2. The van der Waals surface area contributed by atoms with Gasteiger partial charge in [0.15, 0.2) is 0 Å². The Kier molecular flexibility index (Phi) is 3.69. The minimum atomic E-state index is -0.350. The molecule has 1 N–H and O–H groups in total. The number of hydrogen-bond donors (Lipinski definition) is 1. The minimum Gasteiger partial charge on any atom is -0.265 e. The molecule has 0 aliphatic carbocycles. The quantitative estimate of drug-likeness (QED) is 0.677. The van der Waals surface area contributed by atoms with E-state index < -0.39 is 0 Å². The molecule has 2 aromatic rings. The fraction of sp³-hybridized carbons (Fsp3) is 0.0909. The summed E-state index contributed by atoms with van der Waals surface area (Å²) in [6.45, 7) is 1.58. The summed E-state index contributed by atoms with van der Waals surface area (Å²) in [6, 6.07) is 7.11. The average Bonchev–Trinajstić information content (AvgIpc) is 2.34. The maximum absolute atomic E-state index is 11.8. The molecule has 1 aromatic heterocycles. The van der Waals surface area contributed by atoms with Crippen molar-refractivity contribution in [1.29, 1.82) is 0 Å². The van der Waals surface area contributed by atoms with Crippen molar-refractivity contribution in [3.8, 4) is 0 Å². The van der Waals surface area contributed by atoms with Crippen LogP contribution in [0.5, 0.6) is 0 Å². The van der Waals surface area contributed by atoms with Crippen molar-refractivity contribution < 1.29 is 0 Å². The van der Waals surface area contributed by atoms with E-state index in [9.17, 15) is 4.79 Å². The van der Waals surface area contributed by atoms with Crippen LogP contribution < -0.4 is 5.56 Å². The fourth-order valence-corrected chi connectivity index (χ4v) is 1.66. The number of aryl methyl sites for hydroxylation is 1. The van der Waals surface area contributed by atoms with Gasteiger partial charge in [0, 0.05) is 5.02 Å². The number of benzene rings is 1. The van der Waals surface area contributed by atoms with E-state index in [1.54, 1.807) is 25.1 Å². The van der Waals surface area contributed by atoms with Crippen LogP contribution in [-0.2, 0) is 0 Å². The molecule has 5 nitrogen and oxygen atoms in total. The number of H-pyrrole nitrogens is 1. The van der Waals surface area contributed by atoms with E-state index >= 15 is 0 Å². The van der Waals surface area contributed by atoms with Gasteiger partial charge in [0.05, 0.1) is 6.21 Å². The normalized spacial score (nSPS) is 11.0. The molecule has 0 bridgehead atoms. The number of aromatic nitrogens is 3. The largest absolute Gasteiger partial charge is 0.296 e. The van der Waals surface area contributed by atoms with Crippen LogP contribution in [0.4, 0.5) is 0 Å². The molecule has 92 valence electrons. The van der Waals surface area contributed by atoms with Crippen molar-refractivity contribution in [2.45, 2.75) is 6.92 Å². The Bertz CT molecular complexity index is 719. The predicted molar refractivity (Wildman–Crippen MR) is 72.9 cm³/mol. The van der Waals surface area contributed by atoms with E-state index in [0.717, 1.165) is 10.2 Å². The summed E-state index contributed by atoms with van der Waals surface area (Å²) >= 11 is 10.8. The zero-order valence-corrected chi connectivity index (χ0v) is 11.0. The van der Waals surface area contributed by atoms with Crippen molar-refractivity contribution in [2.24, 2.45) is 5.10 Å². The number of aromatic amines is 1. The lowest BCUT2D eigenvalue weighted by molar-refractivity contribution is 0.720. The summed E-state index contributed by atoms with van der Waals surface area (Å²) in [7, 11) is 0. The molecule has 0 radical (unpaired) electrons. The highest BCUT2D eigenvalue weighted by Gasteiger charge is 2.00. The van der Waals surface area contributed by atoms with Crippen LogP contribution in [-0.4, -0.2) is 21.1 Å². The Morgan fingerprint density at radius 1 is 1.56 bits per heavy atom. The fourth-order valence-electron chi connectivity index (χ4n) is 1.29. The number of hydrogen-bond acceptors (Lipinski definition) is 4. The summed E-state index contributed by atoms with van der Waals surface area (Å²) in [5, 5.41) is 10.9. The van der Waals surface area contributed by atoms with Crippen molar-refractivity contribution >= 4 is 30.0 Å². The van der Waals surface area contributed by atoms with Crippen molar-refractivity contribution in [1.82, 2.24) is 14.9 Å². The molecule has 7 heteroatoms. The van der Waals surface area contributed by atoms with Crippen LogP contribution in [0.25, 0.3) is 0 Å². The maximum Gasteiger partial charge on any atom is 0.296 e. The van der Waals surface area contributed by atoms with Gasteiger partial charge in [-0.3, -0.25) is 9.89 Å². The number of nitrogens with one attached hydrogen (secondary N) is 1. The van der Waals surface area contributed by atoms with Gasteiger partial charge in [-0.2, -0.15) is 14.9 Å². The van der Waals surface area contributed by atoms with Gasteiger partial charge >= 0.3 is 0 Å². The SMILES string of the molecule is Cc1n[nH]c(=S)n(N=Cc2cccc(Cl)c2)c1=O. The summed E-state index contributed by atoms with van der Waals surface area (Å²) in [6.07, 6.45) is 1.51. The van der Waals surface area contributed by atoms with Crippen LogP contribution in [0, 0.1) is 11.7 Å². The van der Waals surface area contributed by atoms with E-state index in [1.165, 1.54) is 6.21 Å². The van der Waals surface area contributed by atoms with E-state index in [1.807, 2.05) is 6.07 Å². The molecule has 0 fully saturated rings. The van der Waals surface area contributed by atoms with E-state index in [2.05, 4.69) is 15.3 Å². The zero-order chi connectivity index (χ0) is 13.1. The predicted octanol–water partition coefficient (Wildman–Crippen LogP) is 2.14. The number of nitrogens with zero attached hydrogens (tertiary/aromatic N) is 3. The third-order valence-electron chi connectivity index (χ3n) is 2.18. The highest BCUT2D eigenvalue weighted by atomic mass is 35.5. The molecule has 0 saturated carbocycles. The molecule has 0 saturated heterocycles. The molecule has 1 aromatic carbocycles. The lowest BCUT2D eigenvalue weighted by Crippen LogP contribution is -2.22. The number of rotatable bonds is 2. The zero-order valence-electron chi connectivity index (χ0n) is 9.42. The standard InChI is InChI=1S/C11H9ClN4OS/c1-7-10(17)16(11(18)15-14-7)13-6-8-3-2-4-9(12)5-8/h2-6H,1H3,(H,15,18). The molecule has 2 rings (SSSR count). The molecular weight excluding hydrogens is 272 g/mol. The van der Waals surface area contributed by atoms with Gasteiger partial charge < -0.3 is 0 Å². The molecule has 18 heavy (non-hydrogen) atoms. The summed E-state index contributed by atoms with van der Waals surface area (Å²) in [4.78, 5) is 11.8. The summed E-state index contributed by atoms with van der Waals surface area (Å²) in [5.41, 5.74) is 0.724. The number of halogens is 1. The summed E-state index contributed by atoms with van der Waals surface area (Å²) < 4.78 is 1.22. The first kappa shape index (κ1) is 12.7. The first-order valence-corrected chi connectivity index (χ1v) is 5.85. The highest BCUT2D eigenvalue weighted by Crippen LogP contribution is 2.08. The molecule has 1 heterocycles. The third kappa shape index (κ3) is 2.72. The second-order valence-electron chi connectivity index (χ2n) is 3.53. The van der Waals surface area contributed by atoms with Gasteiger partial charge in [0.1, 0.15) is 5.69 Å². The van der Waals surface area contributed by atoms with Crippen LogP contribution in [0.1, 0.15) is 11.3 Å². The monoisotopic (exact) mass is 280 g/mol. The highest BCUT2D eigenvalue weighted by molar-refractivity contribution is 7.71. The molecule has 0 unspecified atom stereocenters. The second-order valence-corrected chi connectivity index (χ2v) is 4.35. The van der Waals surface area contributed by atoms with Gasteiger partial charge in [-0.25, -0.2) is 0 Å². The van der Waals surface area contributed by atoms with Gasteiger partial charge in [0.25, 0.3) is 5.56 Å². The molecule has 0 atom stereocenters. The second kappa shape index (κ2) is 5.24. The summed E-state index contributed by atoms with van der Waals surface area (Å²) in [5.74, 6) is 0. The molecule has 0 amide bonds. The molecular formula is C11H9ClN4OS. The van der Waals surface area contributed by atoms with Gasteiger partial charge in [0.2, 0.25) is 4.77 Å². The van der Waals surface area contributed by atoms with E-state index in [4.69, 9.17) is 23.8 Å². The van der Waals surface area contributed by atoms with Gasteiger partial charge in [-0.1, -0.05) is 23.7 Å². The average molecular weight is 281 g/mol. The maximum atomic E-state index is 11.8. The Morgan fingerprint density at radius 2 is 2.33 bits per heavy atom. The van der Waals surface area contributed by atoms with Crippen LogP contribution in [0.3, 0.4) is 0 Å². The Hall–Kier alpha value is -1.79. The first-order valence-electron chi connectivity index (χ1n) is 5.06. The molecule has 0 aliphatic rings. The van der Waals surface area contributed by atoms with E-state index in [0.29, 0.717) is 10.7 Å². The molecule has 0 spiro atoms. The topological polar surface area (TPSA) is 63.0 Å².